The minimum absolute atomic E-state index is 0.0535. The molecule has 0 radical (unpaired) electrons. The summed E-state index contributed by atoms with van der Waals surface area (Å²) in [5.41, 5.74) is 16.0. The van der Waals surface area contributed by atoms with Gasteiger partial charge in [0, 0.05) is 5.56 Å². The van der Waals surface area contributed by atoms with Gasteiger partial charge in [0.25, 0.3) is 0 Å². The fourth-order valence-electron chi connectivity index (χ4n) is 2.21. The van der Waals surface area contributed by atoms with Crippen molar-refractivity contribution >= 4 is 29.2 Å². The van der Waals surface area contributed by atoms with Crippen molar-refractivity contribution in [1.29, 1.82) is 0 Å². The molecule has 136 valence electrons. The fraction of sp³-hybridized carbons (Fsp3) is 0.0588. The van der Waals surface area contributed by atoms with Gasteiger partial charge in [-0.2, -0.15) is 15.0 Å². The highest BCUT2D eigenvalue weighted by Gasteiger charge is 2.10. The number of hydrogen-bond donors (Lipinski definition) is 3. The number of carbonyl (C=O) groups is 1. The van der Waals surface area contributed by atoms with Crippen molar-refractivity contribution in [2.45, 2.75) is 0 Å². The molecule has 0 aliphatic rings. The molecule has 0 bridgehead atoms. The van der Waals surface area contributed by atoms with E-state index >= 15 is 0 Å². The lowest BCUT2D eigenvalue weighted by molar-refractivity contribution is 0.0601. The summed E-state index contributed by atoms with van der Waals surface area (Å²) < 4.78 is 4.72. The minimum atomic E-state index is -0.482. The van der Waals surface area contributed by atoms with Crippen molar-refractivity contribution in [1.82, 2.24) is 15.0 Å². The number of anilines is 3. The third-order valence-electron chi connectivity index (χ3n) is 3.46. The van der Waals surface area contributed by atoms with Gasteiger partial charge in [0.15, 0.2) is 5.82 Å². The Labute approximate surface area is 154 Å². The van der Waals surface area contributed by atoms with Gasteiger partial charge in [-0.05, 0) is 36.4 Å². The molecule has 0 saturated carbocycles. The van der Waals surface area contributed by atoms with Crippen LogP contribution in [0.2, 0.25) is 0 Å². The second-order valence-corrected chi connectivity index (χ2v) is 5.27. The molecule has 3 aromatic rings. The summed E-state index contributed by atoms with van der Waals surface area (Å²) in [5, 5.41) is 7.93. The monoisotopic (exact) mass is 364 g/mol. The quantitative estimate of drug-likeness (QED) is 0.354. The summed E-state index contributed by atoms with van der Waals surface area (Å²) in [7, 11) is 1.31. The number of nitrogens with zero attached hydrogens (tertiary/aromatic N) is 5. The third-order valence-corrected chi connectivity index (χ3v) is 3.46. The maximum Gasteiger partial charge on any atom is 0.340 e. The van der Waals surface area contributed by atoms with E-state index in [1.54, 1.807) is 48.5 Å². The van der Waals surface area contributed by atoms with E-state index < -0.39 is 5.97 Å². The van der Waals surface area contributed by atoms with E-state index in [1.807, 2.05) is 0 Å². The summed E-state index contributed by atoms with van der Waals surface area (Å²) >= 11 is 0. The van der Waals surface area contributed by atoms with E-state index in [2.05, 4.69) is 30.7 Å². The smallest absolute Gasteiger partial charge is 0.340 e. The van der Waals surface area contributed by atoms with Gasteiger partial charge < -0.3 is 16.2 Å². The second-order valence-electron chi connectivity index (χ2n) is 5.27. The normalized spacial score (nSPS) is 10.7. The number of ether oxygens (including phenoxy) is 1. The summed E-state index contributed by atoms with van der Waals surface area (Å²) in [6.45, 7) is 0. The molecule has 0 spiro atoms. The second kappa shape index (κ2) is 7.87. The summed E-state index contributed by atoms with van der Waals surface area (Å²) in [6.07, 6.45) is 0. The molecular formula is C17H16N8O2. The van der Waals surface area contributed by atoms with Crippen LogP contribution in [0, 0.1) is 0 Å². The van der Waals surface area contributed by atoms with Gasteiger partial charge in [-0.15, -0.1) is 5.11 Å². The summed E-state index contributed by atoms with van der Waals surface area (Å²) in [4.78, 5) is 23.5. The highest BCUT2D eigenvalue weighted by molar-refractivity contribution is 5.94. The van der Waals surface area contributed by atoms with Crippen LogP contribution < -0.4 is 16.9 Å². The SMILES string of the molecule is COC(=O)c1ccccc1N=NNc1ccc(-c2nc(N)nc(N)n2)cc1. The molecular weight excluding hydrogens is 348 g/mol. The topological polar surface area (TPSA) is 154 Å². The van der Waals surface area contributed by atoms with E-state index in [1.165, 1.54) is 7.11 Å². The Bertz CT molecular complexity index is 968. The number of aromatic nitrogens is 3. The predicted octanol–water partition coefficient (Wildman–Crippen LogP) is 2.60. The van der Waals surface area contributed by atoms with Gasteiger partial charge in [0.2, 0.25) is 11.9 Å². The van der Waals surface area contributed by atoms with Crippen LogP contribution in [-0.4, -0.2) is 28.0 Å². The van der Waals surface area contributed by atoms with Crippen LogP contribution in [0.5, 0.6) is 0 Å². The highest BCUT2D eigenvalue weighted by Crippen LogP contribution is 2.21. The first-order chi connectivity index (χ1) is 13.1. The first-order valence-corrected chi connectivity index (χ1v) is 7.78. The number of hydrogen-bond acceptors (Lipinski definition) is 9. The number of nitrogens with one attached hydrogen (secondary N) is 1. The van der Waals surface area contributed by atoms with Crippen LogP contribution in [0.15, 0.2) is 58.9 Å². The van der Waals surface area contributed by atoms with Gasteiger partial charge in [-0.3, -0.25) is 5.43 Å². The number of nitrogens with two attached hydrogens (primary N) is 2. The summed E-state index contributed by atoms with van der Waals surface area (Å²) in [5.74, 6) is 0.000488. The average molecular weight is 364 g/mol. The van der Waals surface area contributed by atoms with Crippen molar-refractivity contribution in [3.8, 4) is 11.4 Å². The maximum absolute atomic E-state index is 11.7. The third kappa shape index (κ3) is 4.31. The van der Waals surface area contributed by atoms with Crippen molar-refractivity contribution < 1.29 is 9.53 Å². The van der Waals surface area contributed by atoms with Gasteiger partial charge >= 0.3 is 5.97 Å². The Morgan fingerprint density at radius 1 is 1.00 bits per heavy atom. The van der Waals surface area contributed by atoms with Crippen LogP contribution in [-0.2, 0) is 4.74 Å². The molecule has 0 aliphatic heterocycles. The molecule has 0 saturated heterocycles. The van der Waals surface area contributed by atoms with Gasteiger partial charge in [-0.25, -0.2) is 4.79 Å². The molecule has 0 fully saturated rings. The number of esters is 1. The van der Waals surface area contributed by atoms with Crippen molar-refractivity contribution in [2.75, 3.05) is 24.0 Å². The Hall–Kier alpha value is -4.08. The molecule has 27 heavy (non-hydrogen) atoms. The Balaban J connectivity index is 1.73. The number of methoxy groups -OCH3 is 1. The average Bonchev–Trinajstić information content (AvgIpc) is 2.67. The molecule has 1 heterocycles. The van der Waals surface area contributed by atoms with E-state index in [4.69, 9.17) is 16.2 Å². The zero-order valence-electron chi connectivity index (χ0n) is 14.3. The first-order valence-electron chi connectivity index (χ1n) is 7.78. The molecule has 10 nitrogen and oxygen atoms in total. The fourth-order valence-corrected chi connectivity index (χ4v) is 2.21. The number of benzene rings is 2. The predicted molar refractivity (Wildman–Crippen MR) is 100 cm³/mol. The lowest BCUT2D eigenvalue weighted by atomic mass is 10.2. The minimum Gasteiger partial charge on any atom is -0.465 e. The van der Waals surface area contributed by atoms with Crippen LogP contribution in [0.3, 0.4) is 0 Å². The van der Waals surface area contributed by atoms with Crippen LogP contribution in [0.25, 0.3) is 11.4 Å². The first kappa shape index (κ1) is 17.7. The largest absolute Gasteiger partial charge is 0.465 e. The molecule has 0 amide bonds. The standard InChI is InChI=1S/C17H16N8O2/c1-27-15(26)12-4-2-3-5-13(12)24-25-23-11-8-6-10(7-9-11)14-20-16(18)22-17(19)21-14/h2-9H,1H3,(H,23,24)(H4,18,19,20,21,22). The molecule has 3 rings (SSSR count). The Kier molecular flexibility index (Phi) is 5.17. The number of nitrogen functional groups attached to an aromatic ring is 2. The molecule has 10 heteroatoms. The van der Waals surface area contributed by atoms with Crippen LogP contribution in [0.4, 0.5) is 23.3 Å². The zero-order valence-corrected chi connectivity index (χ0v) is 14.3. The number of rotatable bonds is 5. The Morgan fingerprint density at radius 3 is 2.33 bits per heavy atom. The number of carbonyl (C=O) groups excluding carboxylic acids is 1. The Morgan fingerprint density at radius 2 is 1.67 bits per heavy atom. The lowest BCUT2D eigenvalue weighted by Gasteiger charge is -2.04. The molecule has 0 unspecified atom stereocenters. The molecule has 2 aromatic carbocycles. The van der Waals surface area contributed by atoms with Crippen LogP contribution in [0.1, 0.15) is 10.4 Å². The van der Waals surface area contributed by atoms with Gasteiger partial charge in [0.1, 0.15) is 5.69 Å². The summed E-state index contributed by atoms with van der Waals surface area (Å²) in [6, 6.07) is 13.8. The van der Waals surface area contributed by atoms with E-state index in [0.717, 1.165) is 0 Å². The lowest BCUT2D eigenvalue weighted by Crippen LogP contribution is -2.04. The van der Waals surface area contributed by atoms with E-state index in [0.29, 0.717) is 28.3 Å². The van der Waals surface area contributed by atoms with Crippen molar-refractivity contribution in [3.05, 3.63) is 54.1 Å². The zero-order chi connectivity index (χ0) is 19.2. The van der Waals surface area contributed by atoms with Gasteiger partial charge in [-0.1, -0.05) is 17.4 Å². The molecule has 5 N–H and O–H groups in total. The van der Waals surface area contributed by atoms with E-state index in [9.17, 15) is 4.79 Å². The molecule has 0 atom stereocenters. The van der Waals surface area contributed by atoms with Gasteiger partial charge in [0.05, 0.1) is 18.4 Å². The van der Waals surface area contributed by atoms with E-state index in [-0.39, 0.29) is 11.9 Å². The molecule has 0 aliphatic carbocycles. The van der Waals surface area contributed by atoms with Crippen LogP contribution >= 0.6 is 0 Å². The van der Waals surface area contributed by atoms with Crippen molar-refractivity contribution in [3.63, 3.8) is 0 Å². The molecule has 1 aromatic heterocycles. The maximum atomic E-state index is 11.7. The van der Waals surface area contributed by atoms with Crippen molar-refractivity contribution in [2.24, 2.45) is 10.3 Å². The highest BCUT2D eigenvalue weighted by atomic mass is 16.5.